The minimum Gasteiger partial charge on any atom is -0.507 e. The van der Waals surface area contributed by atoms with Crippen LogP contribution in [0.2, 0.25) is 0 Å². The number of rotatable bonds is 4. The number of aromatic hydroxyl groups is 1. The molecule has 2 aromatic carbocycles. The van der Waals surface area contributed by atoms with Crippen LogP contribution in [0, 0.1) is 0 Å². The quantitative estimate of drug-likeness (QED) is 0.585. The smallest absolute Gasteiger partial charge is 0.193 e. The Morgan fingerprint density at radius 2 is 2.00 bits per heavy atom. The van der Waals surface area contributed by atoms with E-state index < -0.39 is 0 Å². The summed E-state index contributed by atoms with van der Waals surface area (Å²) in [5.74, 6) is 1.31. The first kappa shape index (κ1) is 15.2. The topological polar surface area (TPSA) is 79.9 Å². The van der Waals surface area contributed by atoms with Crippen LogP contribution in [0.4, 0.5) is 5.69 Å². The summed E-state index contributed by atoms with van der Waals surface area (Å²) in [6.07, 6.45) is 0. The number of aliphatic imine (C=N–C) groups is 1. The number of ether oxygens (including phenoxy) is 1. The van der Waals surface area contributed by atoms with Crippen molar-refractivity contribution < 1.29 is 9.84 Å². The lowest BCUT2D eigenvalue weighted by Gasteiger charge is -2.07. The van der Waals surface area contributed by atoms with Crippen molar-refractivity contribution in [3.63, 3.8) is 0 Å². The summed E-state index contributed by atoms with van der Waals surface area (Å²) in [6, 6.07) is 12.6. The predicted molar refractivity (Wildman–Crippen MR) is 87.7 cm³/mol. The second-order valence-corrected chi connectivity index (χ2v) is 5.20. The van der Waals surface area contributed by atoms with Crippen molar-refractivity contribution >= 4 is 27.6 Å². The molecule has 0 amide bonds. The van der Waals surface area contributed by atoms with Gasteiger partial charge in [0, 0.05) is 5.69 Å². The van der Waals surface area contributed by atoms with Crippen molar-refractivity contribution in [1.82, 2.24) is 0 Å². The largest absolute Gasteiger partial charge is 0.507 e. The number of methoxy groups -OCH3 is 1. The molecule has 0 atom stereocenters. The van der Waals surface area contributed by atoms with E-state index in [0.717, 1.165) is 17.0 Å². The summed E-state index contributed by atoms with van der Waals surface area (Å²) < 4.78 is 5.72. The van der Waals surface area contributed by atoms with E-state index in [1.54, 1.807) is 25.3 Å². The van der Waals surface area contributed by atoms with Gasteiger partial charge in [0.05, 0.1) is 18.1 Å². The third-order valence-electron chi connectivity index (χ3n) is 2.81. The molecule has 2 rings (SSSR count). The van der Waals surface area contributed by atoms with Crippen LogP contribution in [0.15, 0.2) is 51.9 Å². The maximum Gasteiger partial charge on any atom is 0.193 e. The van der Waals surface area contributed by atoms with Gasteiger partial charge >= 0.3 is 0 Å². The average molecular weight is 350 g/mol. The Morgan fingerprint density at radius 1 is 1.29 bits per heavy atom. The highest BCUT2D eigenvalue weighted by Crippen LogP contribution is 2.24. The lowest BCUT2D eigenvalue weighted by molar-refractivity contribution is 0.415. The first-order valence-electron chi connectivity index (χ1n) is 6.27. The Kier molecular flexibility index (Phi) is 5.05. The monoisotopic (exact) mass is 349 g/mol. The number of anilines is 1. The lowest BCUT2D eigenvalue weighted by atomic mass is 10.2. The maximum absolute atomic E-state index is 9.43. The number of guanidine groups is 1. The van der Waals surface area contributed by atoms with Crippen LogP contribution >= 0.6 is 15.9 Å². The Hall–Kier alpha value is -2.21. The molecule has 5 nitrogen and oxygen atoms in total. The first-order valence-corrected chi connectivity index (χ1v) is 7.06. The van der Waals surface area contributed by atoms with Crippen LogP contribution in [0.1, 0.15) is 5.56 Å². The SMILES string of the molecule is COc1ccc(NC(N)=NCc2ccc(O)c(Br)c2)cc1. The van der Waals surface area contributed by atoms with Crippen LogP contribution in [0.3, 0.4) is 0 Å². The van der Waals surface area contributed by atoms with Crippen molar-refractivity contribution in [3.8, 4) is 11.5 Å². The maximum atomic E-state index is 9.43. The second kappa shape index (κ2) is 6.99. The molecule has 0 spiro atoms. The third-order valence-corrected chi connectivity index (χ3v) is 3.44. The number of phenols is 1. The highest BCUT2D eigenvalue weighted by molar-refractivity contribution is 9.10. The van der Waals surface area contributed by atoms with Gasteiger partial charge in [-0.05, 0) is 57.9 Å². The van der Waals surface area contributed by atoms with Gasteiger partial charge in [-0.25, -0.2) is 4.99 Å². The summed E-state index contributed by atoms with van der Waals surface area (Å²) in [4.78, 5) is 4.25. The van der Waals surface area contributed by atoms with Gasteiger partial charge in [-0.3, -0.25) is 0 Å². The number of nitrogens with zero attached hydrogens (tertiary/aromatic N) is 1. The number of hydrogen-bond acceptors (Lipinski definition) is 3. The zero-order valence-corrected chi connectivity index (χ0v) is 13.1. The fourth-order valence-electron chi connectivity index (χ4n) is 1.69. The summed E-state index contributed by atoms with van der Waals surface area (Å²) in [5.41, 5.74) is 7.62. The van der Waals surface area contributed by atoms with E-state index in [9.17, 15) is 5.11 Å². The van der Waals surface area contributed by atoms with E-state index in [1.807, 2.05) is 24.3 Å². The molecule has 4 N–H and O–H groups in total. The van der Waals surface area contributed by atoms with Crippen molar-refractivity contribution in [1.29, 1.82) is 0 Å². The predicted octanol–water partition coefficient (Wildman–Crippen LogP) is 3.09. The van der Waals surface area contributed by atoms with Crippen molar-refractivity contribution in [2.75, 3.05) is 12.4 Å². The first-order chi connectivity index (χ1) is 10.1. The van der Waals surface area contributed by atoms with E-state index in [-0.39, 0.29) is 5.75 Å². The fourth-order valence-corrected chi connectivity index (χ4v) is 2.11. The summed E-state index contributed by atoms with van der Waals surface area (Å²) in [5, 5.41) is 12.4. The van der Waals surface area contributed by atoms with Gasteiger partial charge in [0.15, 0.2) is 5.96 Å². The molecule has 0 saturated heterocycles. The zero-order chi connectivity index (χ0) is 15.2. The molecular formula is C15H16BrN3O2. The normalized spacial score (nSPS) is 11.2. The number of nitrogens with one attached hydrogen (secondary N) is 1. The van der Waals surface area contributed by atoms with Gasteiger partial charge in [-0.2, -0.15) is 0 Å². The molecule has 21 heavy (non-hydrogen) atoms. The molecular weight excluding hydrogens is 334 g/mol. The van der Waals surface area contributed by atoms with E-state index in [2.05, 4.69) is 26.2 Å². The Morgan fingerprint density at radius 3 is 2.62 bits per heavy atom. The number of phenolic OH excluding ortho intramolecular Hbond substituents is 1. The minimum absolute atomic E-state index is 0.201. The van der Waals surface area contributed by atoms with Gasteiger partial charge in [-0.15, -0.1) is 0 Å². The molecule has 2 aromatic rings. The van der Waals surface area contributed by atoms with Crippen molar-refractivity contribution in [3.05, 3.63) is 52.5 Å². The Balaban J connectivity index is 1.98. The van der Waals surface area contributed by atoms with Crippen LogP contribution in [0.5, 0.6) is 11.5 Å². The Labute approximate surface area is 131 Å². The number of hydrogen-bond donors (Lipinski definition) is 3. The molecule has 0 fully saturated rings. The van der Waals surface area contributed by atoms with Gasteiger partial charge in [0.1, 0.15) is 11.5 Å². The van der Waals surface area contributed by atoms with Crippen LogP contribution < -0.4 is 15.8 Å². The molecule has 0 heterocycles. The zero-order valence-electron chi connectivity index (χ0n) is 11.5. The van der Waals surface area contributed by atoms with Crippen LogP contribution in [-0.4, -0.2) is 18.2 Å². The summed E-state index contributed by atoms with van der Waals surface area (Å²) in [7, 11) is 1.62. The second-order valence-electron chi connectivity index (χ2n) is 4.34. The average Bonchev–Trinajstić information content (AvgIpc) is 2.49. The van der Waals surface area contributed by atoms with E-state index >= 15 is 0 Å². The van der Waals surface area contributed by atoms with Gasteiger partial charge in [-0.1, -0.05) is 6.07 Å². The number of halogens is 1. The molecule has 0 radical (unpaired) electrons. The molecule has 0 bridgehead atoms. The third kappa shape index (κ3) is 4.39. The number of benzene rings is 2. The van der Waals surface area contributed by atoms with Crippen LogP contribution in [0.25, 0.3) is 0 Å². The van der Waals surface area contributed by atoms with E-state index in [1.165, 1.54) is 0 Å². The molecule has 0 unspecified atom stereocenters. The van der Waals surface area contributed by atoms with Crippen molar-refractivity contribution in [2.45, 2.75) is 6.54 Å². The molecule has 0 saturated carbocycles. The highest BCUT2D eigenvalue weighted by Gasteiger charge is 2.00. The molecule has 0 aliphatic carbocycles. The molecule has 6 heteroatoms. The highest BCUT2D eigenvalue weighted by atomic mass is 79.9. The standard InChI is InChI=1S/C15H16BrN3O2/c1-21-12-5-3-11(4-6-12)19-15(17)18-9-10-2-7-14(20)13(16)8-10/h2-8,20H,9H2,1H3,(H3,17,18,19). The Bertz CT molecular complexity index is 642. The van der Waals surface area contributed by atoms with Crippen LogP contribution in [-0.2, 0) is 6.54 Å². The molecule has 0 aliphatic heterocycles. The van der Waals surface area contributed by atoms with Gasteiger partial charge < -0.3 is 20.9 Å². The minimum atomic E-state index is 0.201. The molecule has 110 valence electrons. The molecule has 0 aromatic heterocycles. The lowest BCUT2D eigenvalue weighted by Crippen LogP contribution is -2.22. The number of nitrogens with two attached hydrogens (primary N) is 1. The molecule has 0 aliphatic rings. The summed E-state index contributed by atoms with van der Waals surface area (Å²) in [6.45, 7) is 0.424. The summed E-state index contributed by atoms with van der Waals surface area (Å²) >= 11 is 3.26. The van der Waals surface area contributed by atoms with E-state index in [0.29, 0.717) is 17.0 Å². The van der Waals surface area contributed by atoms with Gasteiger partial charge in [0.25, 0.3) is 0 Å². The van der Waals surface area contributed by atoms with Crippen molar-refractivity contribution in [2.24, 2.45) is 10.7 Å². The van der Waals surface area contributed by atoms with Gasteiger partial charge in [0.2, 0.25) is 0 Å². The fraction of sp³-hybridized carbons (Fsp3) is 0.133. The van der Waals surface area contributed by atoms with E-state index in [4.69, 9.17) is 10.5 Å².